The van der Waals surface area contributed by atoms with Crippen molar-refractivity contribution in [3.63, 3.8) is 0 Å². The van der Waals surface area contributed by atoms with Crippen LogP contribution in [0, 0.1) is 0 Å². The van der Waals surface area contributed by atoms with Crippen LogP contribution in [0.1, 0.15) is 55.6 Å². The topological polar surface area (TPSA) is 95.3 Å². The number of primary amides is 1. The molecule has 156 valence electrons. The molecule has 0 saturated carbocycles. The lowest BCUT2D eigenvalue weighted by Gasteiger charge is -2.16. The van der Waals surface area contributed by atoms with E-state index in [1.807, 2.05) is 12.3 Å². The van der Waals surface area contributed by atoms with Crippen molar-refractivity contribution in [3.05, 3.63) is 48.7 Å². The molecule has 0 unspecified atom stereocenters. The minimum absolute atomic E-state index is 0.0418. The first-order chi connectivity index (χ1) is 14.1. The summed E-state index contributed by atoms with van der Waals surface area (Å²) in [5.74, 6) is 0.312. The quantitative estimate of drug-likeness (QED) is 0.456. The number of fused-ring (bicyclic) bond motifs is 1. The minimum atomic E-state index is -0.570. The third kappa shape index (κ3) is 5.38. The maximum absolute atomic E-state index is 11.2. The molecule has 1 aromatic carbocycles. The Bertz CT molecular complexity index is 931. The van der Waals surface area contributed by atoms with Gasteiger partial charge < -0.3 is 24.7 Å². The standard InChI is InChI=1S/C22H30N4O3/c1-2-3-4-5-12-29-19-7-6-17-8-10-25(21(17)13-19)11-9-18(15-27)26-14-20(22(23)28)24-16-26/h6-8,10,13-14,16,18,27H,2-5,9,11-12,15H2,1H3,(H2,23,28)/t18-/m1/s1. The van der Waals surface area contributed by atoms with Crippen molar-refractivity contribution in [3.8, 4) is 5.75 Å². The van der Waals surface area contributed by atoms with Crippen LogP contribution in [0.2, 0.25) is 0 Å². The van der Waals surface area contributed by atoms with Gasteiger partial charge in [-0.15, -0.1) is 0 Å². The number of aliphatic hydroxyl groups is 1. The average Bonchev–Trinajstić information content (AvgIpc) is 3.36. The maximum atomic E-state index is 11.2. The second kappa shape index (κ2) is 10.1. The molecule has 0 bridgehead atoms. The van der Waals surface area contributed by atoms with Gasteiger partial charge in [0.25, 0.3) is 5.91 Å². The van der Waals surface area contributed by atoms with Crippen LogP contribution in [0.4, 0.5) is 0 Å². The number of aromatic nitrogens is 3. The van der Waals surface area contributed by atoms with Crippen LogP contribution in [0.15, 0.2) is 43.0 Å². The van der Waals surface area contributed by atoms with Crippen molar-refractivity contribution >= 4 is 16.8 Å². The molecule has 0 radical (unpaired) electrons. The molecular formula is C22H30N4O3. The highest BCUT2D eigenvalue weighted by atomic mass is 16.5. The summed E-state index contributed by atoms with van der Waals surface area (Å²) in [4.78, 5) is 15.2. The fourth-order valence-electron chi connectivity index (χ4n) is 3.45. The molecule has 2 aromatic heterocycles. The van der Waals surface area contributed by atoms with Gasteiger partial charge in [-0.25, -0.2) is 4.98 Å². The van der Waals surface area contributed by atoms with Crippen LogP contribution < -0.4 is 10.5 Å². The molecule has 3 aromatic rings. The number of nitrogens with two attached hydrogens (primary N) is 1. The van der Waals surface area contributed by atoms with Crippen molar-refractivity contribution in [1.82, 2.24) is 14.1 Å². The van der Waals surface area contributed by atoms with Gasteiger partial charge in [0.1, 0.15) is 11.4 Å². The molecule has 0 saturated heterocycles. The Morgan fingerprint density at radius 3 is 2.86 bits per heavy atom. The Hall–Kier alpha value is -2.80. The van der Waals surface area contributed by atoms with Gasteiger partial charge in [-0.3, -0.25) is 4.79 Å². The van der Waals surface area contributed by atoms with Gasteiger partial charge in [-0.2, -0.15) is 0 Å². The molecule has 7 nitrogen and oxygen atoms in total. The van der Waals surface area contributed by atoms with E-state index in [9.17, 15) is 9.90 Å². The first-order valence-electron chi connectivity index (χ1n) is 10.3. The molecule has 0 spiro atoms. The molecule has 3 rings (SSSR count). The molecule has 3 N–H and O–H groups in total. The molecule has 1 atom stereocenters. The average molecular weight is 399 g/mol. The maximum Gasteiger partial charge on any atom is 0.268 e. The molecule has 0 aliphatic heterocycles. The zero-order valence-corrected chi connectivity index (χ0v) is 17.0. The van der Waals surface area contributed by atoms with E-state index in [0.29, 0.717) is 6.42 Å². The first-order valence-corrected chi connectivity index (χ1v) is 10.3. The Balaban J connectivity index is 1.64. The van der Waals surface area contributed by atoms with Crippen molar-refractivity contribution in [2.24, 2.45) is 5.73 Å². The van der Waals surface area contributed by atoms with E-state index in [2.05, 4.69) is 34.7 Å². The summed E-state index contributed by atoms with van der Waals surface area (Å²) in [6.07, 6.45) is 10.6. The highest BCUT2D eigenvalue weighted by Gasteiger charge is 2.14. The third-order valence-electron chi connectivity index (χ3n) is 5.20. The summed E-state index contributed by atoms with van der Waals surface area (Å²) < 4.78 is 9.82. The van der Waals surface area contributed by atoms with Gasteiger partial charge in [-0.1, -0.05) is 26.2 Å². The van der Waals surface area contributed by atoms with Crippen LogP contribution in [0.25, 0.3) is 10.9 Å². The molecule has 7 heteroatoms. The van der Waals surface area contributed by atoms with Gasteiger partial charge in [0, 0.05) is 25.0 Å². The zero-order chi connectivity index (χ0) is 20.6. The number of imidazole rings is 1. The third-order valence-corrected chi connectivity index (χ3v) is 5.20. The van der Waals surface area contributed by atoms with Gasteiger partial charge in [0.15, 0.2) is 0 Å². The normalized spacial score (nSPS) is 12.3. The number of hydrogen-bond donors (Lipinski definition) is 2. The predicted octanol–water partition coefficient (Wildman–Crippen LogP) is 3.52. The summed E-state index contributed by atoms with van der Waals surface area (Å²) >= 11 is 0. The lowest BCUT2D eigenvalue weighted by Crippen LogP contribution is -2.15. The number of benzene rings is 1. The number of hydrogen-bond acceptors (Lipinski definition) is 4. The number of aliphatic hydroxyl groups excluding tert-OH is 1. The van der Waals surface area contributed by atoms with Gasteiger partial charge in [0.05, 0.1) is 31.1 Å². The smallest absolute Gasteiger partial charge is 0.268 e. The Kier molecular flexibility index (Phi) is 7.30. The first kappa shape index (κ1) is 20.9. The molecule has 0 fully saturated rings. The Morgan fingerprint density at radius 1 is 1.28 bits per heavy atom. The van der Waals surface area contributed by atoms with E-state index >= 15 is 0 Å². The van der Waals surface area contributed by atoms with Crippen LogP contribution >= 0.6 is 0 Å². The molecule has 0 aliphatic rings. The van der Waals surface area contributed by atoms with Crippen molar-refractivity contribution in [1.29, 1.82) is 0 Å². The second-order valence-corrected chi connectivity index (χ2v) is 7.33. The van der Waals surface area contributed by atoms with Crippen LogP contribution in [-0.4, -0.2) is 38.3 Å². The van der Waals surface area contributed by atoms with Crippen LogP contribution in [-0.2, 0) is 6.54 Å². The van der Waals surface area contributed by atoms with E-state index in [-0.39, 0.29) is 18.3 Å². The number of amides is 1. The summed E-state index contributed by atoms with van der Waals surface area (Å²) in [7, 11) is 0. The van der Waals surface area contributed by atoms with Crippen molar-refractivity contribution in [2.75, 3.05) is 13.2 Å². The van der Waals surface area contributed by atoms with Crippen molar-refractivity contribution < 1.29 is 14.6 Å². The minimum Gasteiger partial charge on any atom is -0.494 e. The monoisotopic (exact) mass is 398 g/mol. The number of nitrogens with zero attached hydrogens (tertiary/aromatic N) is 3. The van der Waals surface area contributed by atoms with E-state index in [1.165, 1.54) is 19.3 Å². The predicted molar refractivity (Wildman–Crippen MR) is 113 cm³/mol. The molecule has 2 heterocycles. The zero-order valence-electron chi connectivity index (χ0n) is 17.0. The van der Waals surface area contributed by atoms with Gasteiger partial charge in [-0.05, 0) is 36.4 Å². The Morgan fingerprint density at radius 2 is 2.14 bits per heavy atom. The fourth-order valence-corrected chi connectivity index (χ4v) is 3.45. The molecule has 0 aliphatic carbocycles. The van der Waals surface area contributed by atoms with E-state index < -0.39 is 5.91 Å². The number of rotatable bonds is 12. The second-order valence-electron chi connectivity index (χ2n) is 7.33. The SMILES string of the molecule is CCCCCCOc1ccc2ccn(CC[C@H](CO)n3cnc(C(N)=O)c3)c2c1. The molecule has 29 heavy (non-hydrogen) atoms. The summed E-state index contributed by atoms with van der Waals surface area (Å²) in [6.45, 7) is 3.62. The Labute approximate surface area is 171 Å². The van der Waals surface area contributed by atoms with Crippen LogP contribution in [0.5, 0.6) is 5.75 Å². The lowest BCUT2D eigenvalue weighted by atomic mass is 10.2. The molecule has 1 amide bonds. The van der Waals surface area contributed by atoms with E-state index in [0.717, 1.165) is 36.2 Å². The van der Waals surface area contributed by atoms with Gasteiger partial charge >= 0.3 is 0 Å². The number of carbonyl (C=O) groups is 1. The number of unbranched alkanes of at least 4 members (excludes halogenated alkanes) is 3. The molecular weight excluding hydrogens is 368 g/mol. The number of carbonyl (C=O) groups excluding carboxylic acids is 1. The summed E-state index contributed by atoms with van der Waals surface area (Å²) in [5.41, 5.74) is 6.57. The van der Waals surface area contributed by atoms with Crippen LogP contribution in [0.3, 0.4) is 0 Å². The van der Waals surface area contributed by atoms with E-state index in [4.69, 9.17) is 10.5 Å². The largest absolute Gasteiger partial charge is 0.494 e. The highest BCUT2D eigenvalue weighted by Crippen LogP contribution is 2.24. The summed E-state index contributed by atoms with van der Waals surface area (Å²) in [6, 6.07) is 8.07. The van der Waals surface area contributed by atoms with E-state index in [1.54, 1.807) is 17.1 Å². The lowest BCUT2D eigenvalue weighted by molar-refractivity contribution is 0.0995. The summed E-state index contributed by atoms with van der Waals surface area (Å²) in [5, 5.41) is 10.9. The number of ether oxygens (including phenoxy) is 1. The number of aryl methyl sites for hydroxylation is 1. The van der Waals surface area contributed by atoms with Gasteiger partial charge in [0.2, 0.25) is 0 Å². The fraction of sp³-hybridized carbons (Fsp3) is 0.455. The van der Waals surface area contributed by atoms with Crippen molar-refractivity contribution in [2.45, 2.75) is 51.6 Å². The highest BCUT2D eigenvalue weighted by molar-refractivity contribution is 5.90.